The Morgan fingerprint density at radius 2 is 1.88 bits per heavy atom. The van der Waals surface area contributed by atoms with Crippen molar-refractivity contribution in [3.05, 3.63) is 0 Å². The summed E-state index contributed by atoms with van der Waals surface area (Å²) in [5, 5.41) is 0. The Bertz CT molecular complexity index is 211. The standard InChI is InChI=1S/C13H26O3/c1-10(11(2)16-12(3)14)8-7-9-13(4,5)15-6/h10-11H,7-9H2,1-6H3. The highest BCUT2D eigenvalue weighted by Gasteiger charge is 2.19. The summed E-state index contributed by atoms with van der Waals surface area (Å²) in [7, 11) is 1.74. The zero-order chi connectivity index (χ0) is 12.8. The number of hydrogen-bond acceptors (Lipinski definition) is 3. The van der Waals surface area contributed by atoms with Gasteiger partial charge in [-0.2, -0.15) is 0 Å². The molecule has 3 heteroatoms. The Balaban J connectivity index is 3.80. The first-order valence-corrected chi connectivity index (χ1v) is 6.01. The van der Waals surface area contributed by atoms with Crippen LogP contribution in [0, 0.1) is 5.92 Å². The largest absolute Gasteiger partial charge is 0.463 e. The molecule has 0 aliphatic carbocycles. The summed E-state index contributed by atoms with van der Waals surface area (Å²) in [5.74, 6) is 0.202. The molecule has 2 atom stereocenters. The van der Waals surface area contributed by atoms with Crippen molar-refractivity contribution in [2.75, 3.05) is 7.11 Å². The number of rotatable bonds is 7. The number of methoxy groups -OCH3 is 1. The van der Waals surface area contributed by atoms with Gasteiger partial charge < -0.3 is 9.47 Å². The molecule has 0 bridgehead atoms. The molecule has 0 rings (SSSR count). The molecule has 96 valence electrons. The maximum Gasteiger partial charge on any atom is 0.302 e. The van der Waals surface area contributed by atoms with E-state index in [1.807, 2.05) is 6.92 Å². The van der Waals surface area contributed by atoms with Crippen LogP contribution in [-0.4, -0.2) is 24.8 Å². The van der Waals surface area contributed by atoms with E-state index in [2.05, 4.69) is 20.8 Å². The van der Waals surface area contributed by atoms with Gasteiger partial charge in [-0.1, -0.05) is 13.3 Å². The number of esters is 1. The van der Waals surface area contributed by atoms with Crippen LogP contribution in [0.3, 0.4) is 0 Å². The van der Waals surface area contributed by atoms with Crippen LogP contribution in [0.1, 0.15) is 53.9 Å². The fourth-order valence-electron chi connectivity index (χ4n) is 1.56. The van der Waals surface area contributed by atoms with Gasteiger partial charge in [-0.25, -0.2) is 0 Å². The highest BCUT2D eigenvalue weighted by Crippen LogP contribution is 2.21. The van der Waals surface area contributed by atoms with Crippen LogP contribution in [0.25, 0.3) is 0 Å². The van der Waals surface area contributed by atoms with Gasteiger partial charge in [0.2, 0.25) is 0 Å². The van der Waals surface area contributed by atoms with E-state index in [0.717, 1.165) is 19.3 Å². The molecule has 0 saturated carbocycles. The Morgan fingerprint density at radius 3 is 2.31 bits per heavy atom. The van der Waals surface area contributed by atoms with E-state index in [1.54, 1.807) is 7.11 Å². The van der Waals surface area contributed by atoms with Gasteiger partial charge >= 0.3 is 5.97 Å². The van der Waals surface area contributed by atoms with E-state index in [1.165, 1.54) is 6.92 Å². The summed E-state index contributed by atoms with van der Waals surface area (Å²) in [6.45, 7) is 9.71. The van der Waals surface area contributed by atoms with Crippen LogP contribution in [0.15, 0.2) is 0 Å². The lowest BCUT2D eigenvalue weighted by Gasteiger charge is -2.25. The Kier molecular flexibility index (Phi) is 6.65. The molecular weight excluding hydrogens is 204 g/mol. The molecule has 3 nitrogen and oxygen atoms in total. The average Bonchev–Trinajstić information content (AvgIpc) is 2.16. The van der Waals surface area contributed by atoms with Crippen LogP contribution in [0.4, 0.5) is 0 Å². The molecule has 0 saturated heterocycles. The third-order valence-corrected chi connectivity index (χ3v) is 3.14. The van der Waals surface area contributed by atoms with Gasteiger partial charge in [0.1, 0.15) is 6.10 Å². The summed E-state index contributed by atoms with van der Waals surface area (Å²) in [4.78, 5) is 10.8. The van der Waals surface area contributed by atoms with Gasteiger partial charge in [-0.05, 0) is 39.5 Å². The van der Waals surface area contributed by atoms with E-state index in [0.29, 0.717) is 5.92 Å². The maximum atomic E-state index is 10.8. The van der Waals surface area contributed by atoms with Crippen LogP contribution >= 0.6 is 0 Å². The summed E-state index contributed by atoms with van der Waals surface area (Å²) >= 11 is 0. The molecule has 0 aromatic rings. The second-order valence-electron chi connectivity index (χ2n) is 5.15. The van der Waals surface area contributed by atoms with Crippen molar-refractivity contribution in [2.24, 2.45) is 5.92 Å². The Morgan fingerprint density at radius 1 is 1.31 bits per heavy atom. The summed E-state index contributed by atoms with van der Waals surface area (Å²) in [6.07, 6.45) is 3.18. The number of ether oxygens (including phenoxy) is 2. The summed E-state index contributed by atoms with van der Waals surface area (Å²) in [5.41, 5.74) is -0.0512. The average molecular weight is 230 g/mol. The minimum atomic E-state index is -0.198. The lowest BCUT2D eigenvalue weighted by Crippen LogP contribution is -2.24. The van der Waals surface area contributed by atoms with Crippen molar-refractivity contribution < 1.29 is 14.3 Å². The zero-order valence-electron chi connectivity index (χ0n) is 11.5. The van der Waals surface area contributed by atoms with Crippen LogP contribution in [-0.2, 0) is 14.3 Å². The molecule has 0 spiro atoms. The summed E-state index contributed by atoms with van der Waals surface area (Å²) in [6, 6.07) is 0. The first kappa shape index (κ1) is 15.4. The number of carbonyl (C=O) groups excluding carboxylic acids is 1. The van der Waals surface area contributed by atoms with Gasteiger partial charge in [0, 0.05) is 14.0 Å². The van der Waals surface area contributed by atoms with E-state index >= 15 is 0 Å². The zero-order valence-corrected chi connectivity index (χ0v) is 11.5. The molecule has 2 unspecified atom stereocenters. The SMILES string of the molecule is COC(C)(C)CCCC(C)C(C)OC(C)=O. The van der Waals surface area contributed by atoms with E-state index in [9.17, 15) is 4.79 Å². The predicted molar refractivity (Wildman–Crippen MR) is 65.3 cm³/mol. The van der Waals surface area contributed by atoms with E-state index < -0.39 is 0 Å². The minimum absolute atomic E-state index is 0.00292. The monoisotopic (exact) mass is 230 g/mol. The first-order chi connectivity index (χ1) is 7.28. The molecule has 0 aliphatic rings. The van der Waals surface area contributed by atoms with Gasteiger partial charge in [0.05, 0.1) is 5.60 Å². The predicted octanol–water partition coefficient (Wildman–Crippen LogP) is 3.17. The minimum Gasteiger partial charge on any atom is -0.463 e. The lowest BCUT2D eigenvalue weighted by atomic mass is 9.94. The van der Waals surface area contributed by atoms with Crippen molar-refractivity contribution in [3.8, 4) is 0 Å². The van der Waals surface area contributed by atoms with Crippen LogP contribution < -0.4 is 0 Å². The highest BCUT2D eigenvalue weighted by molar-refractivity contribution is 5.66. The van der Waals surface area contributed by atoms with Gasteiger partial charge in [0.25, 0.3) is 0 Å². The van der Waals surface area contributed by atoms with E-state index in [4.69, 9.17) is 9.47 Å². The summed E-state index contributed by atoms with van der Waals surface area (Å²) < 4.78 is 10.5. The van der Waals surface area contributed by atoms with Gasteiger partial charge in [0.15, 0.2) is 0 Å². The second kappa shape index (κ2) is 6.89. The van der Waals surface area contributed by atoms with Gasteiger partial charge in [-0.15, -0.1) is 0 Å². The molecule has 0 N–H and O–H groups in total. The second-order valence-corrected chi connectivity index (χ2v) is 5.15. The molecule has 0 aliphatic heterocycles. The van der Waals surface area contributed by atoms with Crippen LogP contribution in [0.2, 0.25) is 0 Å². The van der Waals surface area contributed by atoms with Crippen molar-refractivity contribution in [3.63, 3.8) is 0 Å². The molecule has 0 fully saturated rings. The topological polar surface area (TPSA) is 35.5 Å². The van der Waals surface area contributed by atoms with Gasteiger partial charge in [-0.3, -0.25) is 4.79 Å². The molecule has 16 heavy (non-hydrogen) atoms. The van der Waals surface area contributed by atoms with Crippen molar-refractivity contribution in [2.45, 2.75) is 65.6 Å². The van der Waals surface area contributed by atoms with Crippen molar-refractivity contribution in [1.82, 2.24) is 0 Å². The van der Waals surface area contributed by atoms with Crippen molar-refractivity contribution in [1.29, 1.82) is 0 Å². The fourth-order valence-corrected chi connectivity index (χ4v) is 1.56. The Labute approximate surface area is 99.5 Å². The quantitative estimate of drug-likeness (QED) is 0.630. The molecule has 0 radical (unpaired) electrons. The third kappa shape index (κ3) is 6.83. The number of hydrogen-bond donors (Lipinski definition) is 0. The van der Waals surface area contributed by atoms with E-state index in [-0.39, 0.29) is 17.7 Å². The maximum absolute atomic E-state index is 10.8. The normalized spacial score (nSPS) is 15.6. The molecule has 0 aromatic carbocycles. The number of carbonyl (C=O) groups is 1. The first-order valence-electron chi connectivity index (χ1n) is 6.01. The highest BCUT2D eigenvalue weighted by atomic mass is 16.5. The molecule has 0 aromatic heterocycles. The molecule has 0 heterocycles. The van der Waals surface area contributed by atoms with Crippen LogP contribution in [0.5, 0.6) is 0 Å². The lowest BCUT2D eigenvalue weighted by molar-refractivity contribution is -0.147. The van der Waals surface area contributed by atoms with Crippen molar-refractivity contribution >= 4 is 5.97 Å². The Hall–Kier alpha value is -0.570. The molecule has 0 amide bonds. The molecular formula is C13H26O3. The fraction of sp³-hybridized carbons (Fsp3) is 0.923. The smallest absolute Gasteiger partial charge is 0.302 e. The third-order valence-electron chi connectivity index (χ3n) is 3.14.